The van der Waals surface area contributed by atoms with Gasteiger partial charge in [-0.05, 0) is 42.0 Å². The molecule has 7 heteroatoms. The van der Waals surface area contributed by atoms with Gasteiger partial charge in [-0.25, -0.2) is 4.39 Å². The molecule has 146 valence electrons. The summed E-state index contributed by atoms with van der Waals surface area (Å²) >= 11 is 0. The van der Waals surface area contributed by atoms with Gasteiger partial charge in [0.1, 0.15) is 6.17 Å². The van der Waals surface area contributed by atoms with Crippen LogP contribution in [0.3, 0.4) is 0 Å². The number of carbonyl (C=O) groups is 1. The molecule has 1 N–H and O–H groups in total. The summed E-state index contributed by atoms with van der Waals surface area (Å²) in [5.74, 6) is 0.640. The number of para-hydroxylation sites is 1. The Bertz CT molecular complexity index is 1120. The predicted molar refractivity (Wildman–Crippen MR) is 105 cm³/mol. The first kappa shape index (κ1) is 17.4. The summed E-state index contributed by atoms with van der Waals surface area (Å²) in [6.07, 6.45) is -0.613. The van der Waals surface area contributed by atoms with Crippen LogP contribution in [-0.2, 0) is 0 Å². The van der Waals surface area contributed by atoms with Gasteiger partial charge in [-0.15, -0.1) is 0 Å². The van der Waals surface area contributed by atoms with Crippen molar-refractivity contribution in [3.63, 3.8) is 0 Å². The molecule has 1 amide bonds. The average Bonchev–Trinajstić information content (AvgIpc) is 3.21. The van der Waals surface area contributed by atoms with Crippen molar-refractivity contribution in [1.29, 1.82) is 0 Å². The molecule has 0 spiro atoms. The molecule has 29 heavy (non-hydrogen) atoms. The van der Waals surface area contributed by atoms with Crippen LogP contribution in [0.5, 0.6) is 17.2 Å². The summed E-state index contributed by atoms with van der Waals surface area (Å²) in [4.78, 5) is 15.0. The number of halogens is 1. The fraction of sp³-hybridized carbons (Fsp3) is 0.136. The number of nitrogens with one attached hydrogen (secondary N) is 1. The van der Waals surface area contributed by atoms with Gasteiger partial charge in [0.2, 0.25) is 6.79 Å². The summed E-state index contributed by atoms with van der Waals surface area (Å²) in [6.45, 7) is 0.140. The van der Waals surface area contributed by atoms with Crippen molar-refractivity contribution in [1.82, 2.24) is 0 Å². The van der Waals surface area contributed by atoms with Gasteiger partial charge in [-0.3, -0.25) is 9.69 Å². The molecular formula is C22H17FN2O4. The lowest BCUT2D eigenvalue weighted by Gasteiger charge is -2.38. The minimum atomic E-state index is -0.613. The van der Waals surface area contributed by atoms with E-state index in [-0.39, 0.29) is 18.4 Å². The third-order valence-electron chi connectivity index (χ3n) is 5.05. The van der Waals surface area contributed by atoms with Crippen molar-refractivity contribution in [2.24, 2.45) is 0 Å². The van der Waals surface area contributed by atoms with E-state index in [4.69, 9.17) is 14.2 Å². The molecule has 2 aliphatic rings. The number of ether oxygens (including phenoxy) is 3. The minimum Gasteiger partial charge on any atom is -0.494 e. The highest BCUT2D eigenvalue weighted by atomic mass is 19.1. The number of nitrogens with zero attached hydrogens (tertiary/aromatic N) is 1. The Labute approximate surface area is 166 Å². The van der Waals surface area contributed by atoms with Gasteiger partial charge in [0.05, 0.1) is 18.4 Å². The molecule has 0 saturated carbocycles. The lowest BCUT2D eigenvalue weighted by atomic mass is 10.0. The molecule has 2 aliphatic heterocycles. The number of carbonyl (C=O) groups excluding carboxylic acids is 1. The van der Waals surface area contributed by atoms with Crippen molar-refractivity contribution < 1.29 is 23.4 Å². The molecule has 5 rings (SSSR count). The maximum atomic E-state index is 14.4. The fourth-order valence-corrected chi connectivity index (χ4v) is 3.64. The summed E-state index contributed by atoms with van der Waals surface area (Å²) in [5.41, 5.74) is 2.43. The second kappa shape index (κ2) is 6.70. The van der Waals surface area contributed by atoms with E-state index in [2.05, 4.69) is 5.32 Å². The SMILES string of the molecule is COc1ccc([C@H]2Nc3ccccc3C(=O)N2c2ccc3c(c2)OCO3)cc1F. The highest BCUT2D eigenvalue weighted by Gasteiger charge is 2.35. The Hall–Kier alpha value is -3.74. The van der Waals surface area contributed by atoms with Crippen LogP contribution < -0.4 is 24.4 Å². The third kappa shape index (κ3) is 2.82. The van der Waals surface area contributed by atoms with Crippen LogP contribution in [0.1, 0.15) is 22.1 Å². The quantitative estimate of drug-likeness (QED) is 0.719. The number of methoxy groups -OCH3 is 1. The van der Waals surface area contributed by atoms with Gasteiger partial charge < -0.3 is 19.5 Å². The number of rotatable bonds is 3. The molecule has 2 heterocycles. The van der Waals surface area contributed by atoms with Crippen LogP contribution in [0.2, 0.25) is 0 Å². The number of fused-ring (bicyclic) bond motifs is 2. The molecule has 0 aromatic heterocycles. The van der Waals surface area contributed by atoms with E-state index in [1.807, 2.05) is 18.2 Å². The second-order valence-electron chi connectivity index (χ2n) is 6.70. The second-order valence-corrected chi connectivity index (χ2v) is 6.70. The average molecular weight is 392 g/mol. The maximum Gasteiger partial charge on any atom is 0.262 e. The van der Waals surface area contributed by atoms with E-state index in [9.17, 15) is 9.18 Å². The van der Waals surface area contributed by atoms with E-state index in [0.29, 0.717) is 34.0 Å². The van der Waals surface area contributed by atoms with Gasteiger partial charge in [-0.1, -0.05) is 18.2 Å². The van der Waals surface area contributed by atoms with E-state index in [0.717, 1.165) is 0 Å². The Morgan fingerprint density at radius 1 is 1.07 bits per heavy atom. The Balaban J connectivity index is 1.64. The van der Waals surface area contributed by atoms with Crippen molar-refractivity contribution >= 4 is 17.3 Å². The van der Waals surface area contributed by atoms with Gasteiger partial charge in [0, 0.05) is 11.8 Å². The fourth-order valence-electron chi connectivity index (χ4n) is 3.64. The van der Waals surface area contributed by atoms with Crippen molar-refractivity contribution in [2.45, 2.75) is 6.17 Å². The molecule has 0 fully saturated rings. The highest BCUT2D eigenvalue weighted by Crippen LogP contribution is 2.41. The first-order valence-electron chi connectivity index (χ1n) is 9.08. The van der Waals surface area contributed by atoms with E-state index in [1.165, 1.54) is 13.2 Å². The molecular weight excluding hydrogens is 375 g/mol. The molecule has 0 unspecified atom stereocenters. The molecule has 3 aromatic rings. The predicted octanol–water partition coefficient (Wildman–Crippen LogP) is 4.33. The van der Waals surface area contributed by atoms with Crippen LogP contribution in [0.25, 0.3) is 0 Å². The Kier molecular flexibility index (Phi) is 4.01. The van der Waals surface area contributed by atoms with Crippen LogP contribution in [0.15, 0.2) is 60.7 Å². The molecule has 0 radical (unpaired) electrons. The molecule has 0 aliphatic carbocycles. The standard InChI is InChI=1S/C22H17FN2O4/c1-27-18-8-6-13(10-16(18)23)21-24-17-5-3-2-4-15(17)22(26)25(21)14-7-9-19-20(11-14)29-12-28-19/h2-11,21,24H,12H2,1H3/t21-/m0/s1. The topological polar surface area (TPSA) is 60.0 Å². The highest BCUT2D eigenvalue weighted by molar-refractivity contribution is 6.12. The van der Waals surface area contributed by atoms with Gasteiger partial charge >= 0.3 is 0 Å². The van der Waals surface area contributed by atoms with Gasteiger partial charge in [0.25, 0.3) is 5.91 Å². The first-order chi connectivity index (χ1) is 14.2. The van der Waals surface area contributed by atoms with Crippen molar-refractivity contribution in [3.05, 3.63) is 77.6 Å². The van der Waals surface area contributed by atoms with E-state index < -0.39 is 12.0 Å². The van der Waals surface area contributed by atoms with Crippen molar-refractivity contribution in [3.8, 4) is 17.2 Å². The zero-order valence-electron chi connectivity index (χ0n) is 15.5. The van der Waals surface area contributed by atoms with E-state index in [1.54, 1.807) is 41.3 Å². The number of hydrogen-bond donors (Lipinski definition) is 1. The summed E-state index contributed by atoms with van der Waals surface area (Å²) in [7, 11) is 1.41. The zero-order chi connectivity index (χ0) is 20.0. The first-order valence-corrected chi connectivity index (χ1v) is 9.08. The molecule has 0 saturated heterocycles. The number of benzene rings is 3. The van der Waals surface area contributed by atoms with Crippen LogP contribution in [-0.4, -0.2) is 19.8 Å². The molecule has 1 atom stereocenters. The summed E-state index contributed by atoms with van der Waals surface area (Å²) in [5, 5.41) is 3.35. The lowest BCUT2D eigenvalue weighted by molar-refractivity contribution is 0.0975. The monoisotopic (exact) mass is 392 g/mol. The van der Waals surface area contributed by atoms with Gasteiger partial charge in [-0.2, -0.15) is 0 Å². The molecule has 0 bridgehead atoms. The van der Waals surface area contributed by atoms with Crippen LogP contribution in [0.4, 0.5) is 15.8 Å². The lowest BCUT2D eigenvalue weighted by Crippen LogP contribution is -2.43. The van der Waals surface area contributed by atoms with Gasteiger partial charge in [0.15, 0.2) is 23.1 Å². The Morgan fingerprint density at radius 3 is 2.72 bits per heavy atom. The van der Waals surface area contributed by atoms with Crippen LogP contribution >= 0.6 is 0 Å². The largest absolute Gasteiger partial charge is 0.494 e. The smallest absolute Gasteiger partial charge is 0.262 e. The Morgan fingerprint density at radius 2 is 1.90 bits per heavy atom. The third-order valence-corrected chi connectivity index (χ3v) is 5.05. The number of hydrogen-bond acceptors (Lipinski definition) is 5. The summed E-state index contributed by atoms with van der Waals surface area (Å²) < 4.78 is 30.3. The summed E-state index contributed by atoms with van der Waals surface area (Å²) in [6, 6.07) is 17.2. The molecule has 3 aromatic carbocycles. The normalized spacial score (nSPS) is 17.0. The van der Waals surface area contributed by atoms with E-state index >= 15 is 0 Å². The zero-order valence-corrected chi connectivity index (χ0v) is 15.5. The molecule has 6 nitrogen and oxygen atoms in total. The minimum absolute atomic E-state index is 0.140. The number of amides is 1. The number of anilines is 2. The maximum absolute atomic E-state index is 14.4. The van der Waals surface area contributed by atoms with Crippen LogP contribution in [0, 0.1) is 5.82 Å². The van der Waals surface area contributed by atoms with Crippen molar-refractivity contribution in [2.75, 3.05) is 24.1 Å².